The molecule has 0 amide bonds. The van der Waals surface area contributed by atoms with Crippen LogP contribution in [0.2, 0.25) is 0 Å². The van der Waals surface area contributed by atoms with Crippen LogP contribution in [0, 0.1) is 13.8 Å². The molecule has 0 saturated heterocycles. The van der Waals surface area contributed by atoms with E-state index in [1.807, 2.05) is 54.6 Å². The van der Waals surface area contributed by atoms with Gasteiger partial charge in [-0.3, -0.25) is 0 Å². The number of para-hydroxylation sites is 2. The molecule has 2 aliphatic heterocycles. The maximum Gasteiger partial charge on any atom is 0.342 e. The second-order valence-corrected chi connectivity index (χ2v) is 11.2. The van der Waals surface area contributed by atoms with Gasteiger partial charge in [0, 0.05) is 22.4 Å². The summed E-state index contributed by atoms with van der Waals surface area (Å²) in [6, 6.07) is 34.9. The average molecular weight is 552 g/mol. The molecule has 0 aromatic heterocycles. The Bertz CT molecular complexity index is 1790. The molecule has 0 unspecified atom stereocenters. The summed E-state index contributed by atoms with van der Waals surface area (Å²) in [6.07, 6.45) is 2.56. The molecule has 7 rings (SSSR count). The Morgan fingerprint density at radius 2 is 1.40 bits per heavy atom. The van der Waals surface area contributed by atoms with Gasteiger partial charge in [-0.15, -0.1) is 0 Å². The first-order valence-corrected chi connectivity index (χ1v) is 14.7. The highest BCUT2D eigenvalue weighted by Crippen LogP contribution is 2.58. The number of aryl methyl sites for hydroxylation is 4. The van der Waals surface area contributed by atoms with Crippen LogP contribution < -0.4 is 10.1 Å². The van der Waals surface area contributed by atoms with Crippen molar-refractivity contribution in [2.24, 2.45) is 0 Å². The third-order valence-electron chi connectivity index (χ3n) is 8.73. The summed E-state index contributed by atoms with van der Waals surface area (Å²) in [5.41, 5.74) is 9.84. The predicted molar refractivity (Wildman–Crippen MR) is 167 cm³/mol. The zero-order valence-corrected chi connectivity index (χ0v) is 24.2. The van der Waals surface area contributed by atoms with Gasteiger partial charge >= 0.3 is 5.97 Å². The molecule has 0 fully saturated rings. The number of carbonyl (C=O) groups excluding carboxylic acids is 1. The Kier molecular flexibility index (Phi) is 6.35. The fourth-order valence-electron chi connectivity index (χ4n) is 6.66. The summed E-state index contributed by atoms with van der Waals surface area (Å²) in [5, 5.41) is 3.62. The fourth-order valence-corrected chi connectivity index (χ4v) is 6.66. The third kappa shape index (κ3) is 4.09. The van der Waals surface area contributed by atoms with Gasteiger partial charge in [-0.05, 0) is 91.3 Å². The van der Waals surface area contributed by atoms with Gasteiger partial charge in [-0.2, -0.15) is 0 Å². The second-order valence-electron chi connectivity index (χ2n) is 11.2. The Balaban J connectivity index is 1.48. The van der Waals surface area contributed by atoms with Crippen molar-refractivity contribution in [1.82, 2.24) is 0 Å². The van der Waals surface area contributed by atoms with Gasteiger partial charge in [0.25, 0.3) is 0 Å². The Hall–Kier alpha value is -4.83. The number of hydrogen-bond acceptors (Lipinski definition) is 4. The third-order valence-corrected chi connectivity index (χ3v) is 8.73. The highest BCUT2D eigenvalue weighted by atomic mass is 16.6. The van der Waals surface area contributed by atoms with Crippen LogP contribution in [0.5, 0.6) is 11.5 Å². The van der Waals surface area contributed by atoms with Crippen LogP contribution in [0.15, 0.2) is 103 Å². The van der Waals surface area contributed by atoms with Crippen molar-refractivity contribution in [3.63, 3.8) is 0 Å². The topological polar surface area (TPSA) is 47.6 Å². The molecule has 0 atom stereocenters. The first-order valence-electron chi connectivity index (χ1n) is 14.7. The number of esters is 1. The molecular weight excluding hydrogens is 518 g/mol. The van der Waals surface area contributed by atoms with Gasteiger partial charge in [-0.25, -0.2) is 4.79 Å². The molecular formula is C38H33NO3. The zero-order valence-electron chi connectivity index (χ0n) is 24.2. The summed E-state index contributed by atoms with van der Waals surface area (Å²) < 4.78 is 13.0. The summed E-state index contributed by atoms with van der Waals surface area (Å²) in [6.45, 7) is 6.44. The Morgan fingerprint density at radius 3 is 2.10 bits per heavy atom. The van der Waals surface area contributed by atoms with Gasteiger partial charge in [-0.1, -0.05) is 79.7 Å². The normalized spacial score (nSPS) is 14.0. The van der Waals surface area contributed by atoms with Gasteiger partial charge in [0.1, 0.15) is 11.5 Å². The van der Waals surface area contributed by atoms with Crippen molar-refractivity contribution in [3.8, 4) is 11.5 Å². The molecule has 0 radical (unpaired) electrons. The molecule has 5 aromatic rings. The highest BCUT2D eigenvalue weighted by Gasteiger charge is 2.55. The van der Waals surface area contributed by atoms with E-state index in [2.05, 4.69) is 74.6 Å². The second kappa shape index (κ2) is 10.2. The van der Waals surface area contributed by atoms with E-state index in [4.69, 9.17) is 9.47 Å². The van der Waals surface area contributed by atoms with E-state index in [1.54, 1.807) is 0 Å². The lowest BCUT2D eigenvalue weighted by Gasteiger charge is -2.37. The molecule has 0 saturated carbocycles. The molecule has 2 aliphatic rings. The van der Waals surface area contributed by atoms with E-state index in [1.165, 1.54) is 16.7 Å². The van der Waals surface area contributed by atoms with Gasteiger partial charge in [0.05, 0.1) is 11.3 Å². The minimum atomic E-state index is -1.12. The molecule has 2 heterocycles. The largest absolute Gasteiger partial charge is 0.456 e. The van der Waals surface area contributed by atoms with E-state index in [-0.39, 0.29) is 5.97 Å². The monoisotopic (exact) mass is 551 g/mol. The zero-order chi connectivity index (χ0) is 28.8. The molecule has 1 N–H and O–H groups in total. The minimum absolute atomic E-state index is 0.331. The van der Waals surface area contributed by atoms with Gasteiger partial charge in [0.15, 0.2) is 5.60 Å². The van der Waals surface area contributed by atoms with Crippen molar-refractivity contribution in [1.29, 1.82) is 0 Å². The lowest BCUT2D eigenvalue weighted by molar-refractivity contribution is 0.0223. The standard InChI is InChI=1S/C38H33NO3/c1-4-27-23-28(20-18-24(27)2)39-32-22-25(3)29(21-19-26-12-6-5-7-13-26)36-35(32)37(40)42-38(36)30-14-8-10-16-33(30)41-34-17-11-9-15-31(34)38/h5-18,20,22-23,39H,4,19,21H2,1-3H3. The van der Waals surface area contributed by atoms with E-state index in [9.17, 15) is 4.79 Å². The van der Waals surface area contributed by atoms with Crippen molar-refractivity contribution in [2.45, 2.75) is 45.6 Å². The average Bonchev–Trinajstić information content (AvgIpc) is 3.31. The SMILES string of the molecule is CCc1cc(Nc2cc(C)c(CCc3ccccc3)c3c2C(=O)OC32c3ccccc3Oc3ccccc32)ccc1C. The van der Waals surface area contributed by atoms with Crippen LogP contribution in [0.3, 0.4) is 0 Å². The van der Waals surface area contributed by atoms with Crippen LogP contribution in [0.25, 0.3) is 0 Å². The van der Waals surface area contributed by atoms with Crippen LogP contribution in [0.4, 0.5) is 11.4 Å². The summed E-state index contributed by atoms with van der Waals surface area (Å²) in [5.74, 6) is 1.07. The number of rotatable bonds is 6. The van der Waals surface area contributed by atoms with Crippen molar-refractivity contribution in [2.75, 3.05) is 5.32 Å². The number of nitrogens with one attached hydrogen (secondary N) is 1. The van der Waals surface area contributed by atoms with Crippen LogP contribution in [0.1, 0.15) is 61.8 Å². The molecule has 4 nitrogen and oxygen atoms in total. The number of carbonyl (C=O) groups is 1. The summed E-state index contributed by atoms with van der Waals surface area (Å²) in [4.78, 5) is 14.2. The lowest BCUT2D eigenvalue weighted by Crippen LogP contribution is -2.34. The molecule has 1 spiro atoms. The minimum Gasteiger partial charge on any atom is -0.456 e. The number of fused-ring (bicyclic) bond motifs is 6. The summed E-state index contributed by atoms with van der Waals surface area (Å²) in [7, 11) is 0. The molecule has 42 heavy (non-hydrogen) atoms. The van der Waals surface area contributed by atoms with Crippen LogP contribution in [-0.4, -0.2) is 5.97 Å². The number of benzene rings is 5. The summed E-state index contributed by atoms with van der Waals surface area (Å²) >= 11 is 0. The van der Waals surface area contributed by atoms with Gasteiger partial charge < -0.3 is 14.8 Å². The quantitative estimate of drug-likeness (QED) is 0.214. The number of anilines is 2. The maximum atomic E-state index is 14.2. The van der Waals surface area contributed by atoms with E-state index in [0.29, 0.717) is 17.1 Å². The van der Waals surface area contributed by atoms with E-state index < -0.39 is 5.60 Å². The van der Waals surface area contributed by atoms with Crippen LogP contribution >= 0.6 is 0 Å². The predicted octanol–water partition coefficient (Wildman–Crippen LogP) is 8.96. The lowest BCUT2D eigenvalue weighted by atomic mass is 9.74. The maximum absolute atomic E-state index is 14.2. The fraction of sp³-hybridized carbons (Fsp3) is 0.184. The smallest absolute Gasteiger partial charge is 0.342 e. The van der Waals surface area contributed by atoms with Crippen LogP contribution in [-0.2, 0) is 29.6 Å². The Labute approximate surface area is 247 Å². The Morgan fingerprint density at radius 1 is 0.738 bits per heavy atom. The first-order chi connectivity index (χ1) is 20.5. The van der Waals surface area contributed by atoms with Gasteiger partial charge in [0.2, 0.25) is 0 Å². The van der Waals surface area contributed by atoms with Crippen molar-refractivity contribution >= 4 is 17.3 Å². The first kappa shape index (κ1) is 26.1. The van der Waals surface area contributed by atoms with E-state index in [0.717, 1.165) is 58.5 Å². The molecule has 5 aromatic carbocycles. The van der Waals surface area contributed by atoms with Crippen molar-refractivity contribution < 1.29 is 14.3 Å². The molecule has 4 heteroatoms. The molecule has 0 aliphatic carbocycles. The number of hydrogen-bond donors (Lipinski definition) is 1. The molecule has 208 valence electrons. The number of ether oxygens (including phenoxy) is 2. The highest BCUT2D eigenvalue weighted by molar-refractivity contribution is 6.04. The van der Waals surface area contributed by atoms with Crippen molar-refractivity contribution in [3.05, 3.63) is 153 Å². The van der Waals surface area contributed by atoms with E-state index >= 15 is 0 Å². The molecule has 0 bridgehead atoms.